The molecule has 1 aliphatic heterocycles. The highest BCUT2D eigenvalue weighted by molar-refractivity contribution is 6.13. The van der Waals surface area contributed by atoms with Crippen LogP contribution in [0.1, 0.15) is 12.5 Å². The highest BCUT2D eigenvalue weighted by Gasteiger charge is 2.22. The van der Waals surface area contributed by atoms with E-state index in [0.29, 0.717) is 6.04 Å². The van der Waals surface area contributed by atoms with Crippen molar-refractivity contribution in [2.75, 3.05) is 7.11 Å². The van der Waals surface area contributed by atoms with Gasteiger partial charge in [0.2, 0.25) is 0 Å². The van der Waals surface area contributed by atoms with Crippen LogP contribution in [0, 0.1) is 0 Å². The average Bonchev–Trinajstić information content (AvgIpc) is 2.83. The van der Waals surface area contributed by atoms with Crippen molar-refractivity contribution in [2.24, 2.45) is 4.99 Å². The van der Waals surface area contributed by atoms with Crippen molar-refractivity contribution in [1.82, 2.24) is 0 Å². The van der Waals surface area contributed by atoms with Gasteiger partial charge in [0.1, 0.15) is 5.75 Å². The maximum atomic E-state index is 5.06. The van der Waals surface area contributed by atoms with Crippen molar-refractivity contribution >= 4 is 5.71 Å². The number of benzene rings is 1. The Balaban J connectivity index is 2.20. The number of rotatable bonds is 2. The lowest BCUT2D eigenvalue weighted by Crippen LogP contribution is -1.93. The Hall–Kier alpha value is -1.31. The molecule has 0 saturated carbocycles. The number of hydrogen-bond donors (Lipinski definition) is 0. The van der Waals surface area contributed by atoms with Gasteiger partial charge in [0.25, 0.3) is 0 Å². The summed E-state index contributed by atoms with van der Waals surface area (Å²) in [4.78, 5) is 4.26. The molecule has 0 bridgehead atoms. The summed E-state index contributed by atoms with van der Waals surface area (Å²) in [5, 5.41) is 0. The minimum absolute atomic E-state index is 0.429. The van der Waals surface area contributed by atoms with E-state index in [4.69, 9.17) is 4.74 Å². The Morgan fingerprint density at radius 3 is 2.25 bits per heavy atom. The van der Waals surface area contributed by atoms with Crippen LogP contribution in [0.4, 0.5) is 0 Å². The van der Waals surface area contributed by atoms with Gasteiger partial charge < -0.3 is 4.74 Å². The first-order valence-corrected chi connectivity index (χ1v) is 4.03. The molecule has 1 aromatic carbocycles. The van der Waals surface area contributed by atoms with Crippen LogP contribution in [0.5, 0.6) is 5.75 Å². The van der Waals surface area contributed by atoms with Gasteiger partial charge in [0.05, 0.1) is 18.9 Å². The van der Waals surface area contributed by atoms with E-state index in [-0.39, 0.29) is 0 Å². The van der Waals surface area contributed by atoms with Gasteiger partial charge in [-0.05, 0) is 36.8 Å². The molecule has 0 aromatic heterocycles. The first kappa shape index (κ1) is 7.35. The number of methoxy groups -OCH3 is 1. The molecule has 2 rings (SSSR count). The van der Waals surface area contributed by atoms with Gasteiger partial charge >= 0.3 is 0 Å². The number of ether oxygens (including phenoxy) is 1. The summed E-state index contributed by atoms with van der Waals surface area (Å²) < 4.78 is 5.06. The molecular weight excluding hydrogens is 150 g/mol. The molecule has 2 heteroatoms. The molecule has 62 valence electrons. The molecule has 0 fully saturated rings. The summed E-state index contributed by atoms with van der Waals surface area (Å²) in [7, 11) is 1.67. The van der Waals surface area contributed by atoms with Gasteiger partial charge in [-0.3, -0.25) is 4.99 Å². The van der Waals surface area contributed by atoms with Crippen LogP contribution in [0.25, 0.3) is 0 Å². The van der Waals surface area contributed by atoms with E-state index in [0.717, 1.165) is 5.75 Å². The Kier molecular flexibility index (Phi) is 1.61. The van der Waals surface area contributed by atoms with Gasteiger partial charge in [-0.15, -0.1) is 0 Å². The van der Waals surface area contributed by atoms with Crippen LogP contribution in [-0.4, -0.2) is 18.9 Å². The minimum Gasteiger partial charge on any atom is -0.497 e. The minimum atomic E-state index is 0.429. The Morgan fingerprint density at radius 2 is 1.83 bits per heavy atom. The topological polar surface area (TPSA) is 21.6 Å². The van der Waals surface area contributed by atoms with E-state index in [1.54, 1.807) is 7.11 Å². The summed E-state index contributed by atoms with van der Waals surface area (Å²) in [5.41, 5.74) is 2.42. The first-order valence-electron chi connectivity index (χ1n) is 4.03. The molecule has 2 nitrogen and oxygen atoms in total. The Labute approximate surface area is 71.9 Å². The summed E-state index contributed by atoms with van der Waals surface area (Å²) in [6.45, 7) is 2.10. The average molecular weight is 161 g/mol. The smallest absolute Gasteiger partial charge is 0.118 e. The third-order valence-electron chi connectivity index (χ3n) is 2.05. The van der Waals surface area contributed by atoms with Gasteiger partial charge in [0.15, 0.2) is 0 Å². The van der Waals surface area contributed by atoms with Crippen molar-refractivity contribution in [3.8, 4) is 5.75 Å². The van der Waals surface area contributed by atoms with Gasteiger partial charge in [0, 0.05) is 0 Å². The zero-order valence-corrected chi connectivity index (χ0v) is 7.24. The fraction of sp³-hybridized carbons (Fsp3) is 0.300. The SMILES string of the molecule is COc1ccc(C2=NC2C)cc1. The predicted molar refractivity (Wildman–Crippen MR) is 49.0 cm³/mol. The molecule has 1 aromatic rings. The van der Waals surface area contributed by atoms with Gasteiger partial charge in [-0.1, -0.05) is 0 Å². The third kappa shape index (κ3) is 1.20. The van der Waals surface area contributed by atoms with E-state index in [9.17, 15) is 0 Å². The lowest BCUT2D eigenvalue weighted by Gasteiger charge is -1.98. The van der Waals surface area contributed by atoms with Gasteiger partial charge in [-0.25, -0.2) is 0 Å². The standard InChI is InChI=1S/C10H11NO/c1-7-10(11-7)8-3-5-9(12-2)6-4-8/h3-7H,1-2H3. The molecule has 0 spiro atoms. The Bertz CT molecular complexity index is 313. The maximum absolute atomic E-state index is 5.06. The van der Waals surface area contributed by atoms with Gasteiger partial charge in [-0.2, -0.15) is 0 Å². The number of hydrogen-bond acceptors (Lipinski definition) is 2. The van der Waals surface area contributed by atoms with Crippen molar-refractivity contribution in [3.63, 3.8) is 0 Å². The molecule has 0 saturated heterocycles. The van der Waals surface area contributed by atoms with Crippen molar-refractivity contribution in [2.45, 2.75) is 13.0 Å². The Morgan fingerprint density at radius 1 is 1.25 bits per heavy atom. The highest BCUT2D eigenvalue weighted by Crippen LogP contribution is 2.21. The first-order chi connectivity index (χ1) is 5.81. The number of aliphatic imine (C=N–C) groups is 1. The second kappa shape index (κ2) is 2.63. The quantitative estimate of drug-likeness (QED) is 0.649. The molecule has 0 N–H and O–H groups in total. The molecular formula is C10H11NO. The zero-order chi connectivity index (χ0) is 8.55. The van der Waals surface area contributed by atoms with E-state index in [1.165, 1.54) is 11.3 Å². The largest absolute Gasteiger partial charge is 0.497 e. The van der Waals surface area contributed by atoms with E-state index < -0.39 is 0 Å². The molecule has 1 aliphatic rings. The van der Waals surface area contributed by atoms with Crippen molar-refractivity contribution in [3.05, 3.63) is 29.8 Å². The van der Waals surface area contributed by atoms with Crippen LogP contribution >= 0.6 is 0 Å². The second-order valence-electron chi connectivity index (χ2n) is 2.92. The van der Waals surface area contributed by atoms with Crippen LogP contribution in [0.15, 0.2) is 29.3 Å². The second-order valence-corrected chi connectivity index (χ2v) is 2.92. The zero-order valence-electron chi connectivity index (χ0n) is 7.24. The summed E-state index contributed by atoms with van der Waals surface area (Å²) in [5.74, 6) is 0.896. The molecule has 12 heavy (non-hydrogen) atoms. The van der Waals surface area contributed by atoms with Crippen LogP contribution in [-0.2, 0) is 0 Å². The molecule has 1 heterocycles. The number of nitrogens with zero attached hydrogens (tertiary/aromatic N) is 1. The van der Waals surface area contributed by atoms with Crippen LogP contribution in [0.3, 0.4) is 0 Å². The molecule has 1 atom stereocenters. The molecule has 0 radical (unpaired) electrons. The van der Waals surface area contributed by atoms with Crippen molar-refractivity contribution < 1.29 is 4.74 Å². The maximum Gasteiger partial charge on any atom is 0.118 e. The van der Waals surface area contributed by atoms with Crippen LogP contribution in [0.2, 0.25) is 0 Å². The molecule has 0 amide bonds. The lowest BCUT2D eigenvalue weighted by molar-refractivity contribution is 0.415. The highest BCUT2D eigenvalue weighted by atomic mass is 16.5. The predicted octanol–water partition coefficient (Wildman–Crippen LogP) is 1.89. The van der Waals surface area contributed by atoms with Crippen molar-refractivity contribution in [1.29, 1.82) is 0 Å². The third-order valence-corrected chi connectivity index (χ3v) is 2.05. The lowest BCUT2D eigenvalue weighted by atomic mass is 10.1. The monoisotopic (exact) mass is 161 g/mol. The van der Waals surface area contributed by atoms with E-state index >= 15 is 0 Å². The molecule has 0 aliphatic carbocycles. The normalized spacial score (nSPS) is 20.2. The summed E-state index contributed by atoms with van der Waals surface area (Å²) in [6.07, 6.45) is 0. The van der Waals surface area contributed by atoms with E-state index in [1.807, 2.05) is 24.3 Å². The molecule has 1 unspecified atom stereocenters. The van der Waals surface area contributed by atoms with E-state index in [2.05, 4.69) is 11.9 Å². The van der Waals surface area contributed by atoms with Crippen LogP contribution < -0.4 is 4.74 Å². The fourth-order valence-corrected chi connectivity index (χ4v) is 1.25. The summed E-state index contributed by atoms with van der Waals surface area (Å²) >= 11 is 0. The summed E-state index contributed by atoms with van der Waals surface area (Å²) in [6, 6.07) is 8.44. The fourth-order valence-electron chi connectivity index (χ4n) is 1.25.